The Balaban J connectivity index is 2.18. The molecule has 3 heteroatoms. The lowest BCUT2D eigenvalue weighted by molar-refractivity contribution is 0.718. The maximum Gasteiger partial charge on any atom is 0.0347 e. The number of aryl methyl sites for hydroxylation is 1. The summed E-state index contributed by atoms with van der Waals surface area (Å²) in [7, 11) is 0. The molecule has 1 unspecified atom stereocenters. The Labute approximate surface area is 130 Å². The van der Waals surface area contributed by atoms with Gasteiger partial charge in [0.15, 0.2) is 0 Å². The molecule has 0 heterocycles. The topological polar surface area (TPSA) is 26.0 Å². The summed E-state index contributed by atoms with van der Waals surface area (Å²) < 4.78 is 2.30. The predicted molar refractivity (Wildman–Crippen MR) is 88.7 cm³/mol. The molecule has 1 atom stereocenters. The van der Waals surface area contributed by atoms with Crippen LogP contribution in [0.3, 0.4) is 0 Å². The highest BCUT2D eigenvalue weighted by Gasteiger charge is 2.11. The Kier molecular flexibility index (Phi) is 4.81. The first kappa shape index (κ1) is 14.0. The van der Waals surface area contributed by atoms with Crippen LogP contribution in [0.5, 0.6) is 0 Å². The van der Waals surface area contributed by atoms with Crippen molar-refractivity contribution in [1.29, 1.82) is 0 Å². The van der Waals surface area contributed by atoms with Crippen molar-refractivity contribution in [2.75, 3.05) is 0 Å². The van der Waals surface area contributed by atoms with E-state index < -0.39 is 0 Å². The predicted octanol–water partition coefficient (Wildman–Crippen LogP) is 4.60. The van der Waals surface area contributed by atoms with Gasteiger partial charge in [-0.25, -0.2) is 0 Å². The molecule has 0 saturated carbocycles. The number of nitrogens with two attached hydrogens (primary N) is 1. The van der Waals surface area contributed by atoms with Crippen LogP contribution in [0.4, 0.5) is 0 Å². The standard InChI is InChI=1S/C15H15BrIN/c1-10-2-4-11(5-3-10)8-15(18)13-9-12(17)6-7-14(13)16/h2-7,9,15H,8,18H2,1H3. The second-order valence-electron chi connectivity index (χ2n) is 4.46. The summed E-state index contributed by atoms with van der Waals surface area (Å²) in [6.45, 7) is 2.10. The lowest BCUT2D eigenvalue weighted by Crippen LogP contribution is -2.14. The van der Waals surface area contributed by atoms with E-state index in [0.717, 1.165) is 10.9 Å². The third-order valence-corrected chi connectivity index (χ3v) is 4.33. The summed E-state index contributed by atoms with van der Waals surface area (Å²) in [5, 5.41) is 0. The summed E-state index contributed by atoms with van der Waals surface area (Å²) in [6, 6.07) is 14.9. The molecule has 2 aromatic carbocycles. The van der Waals surface area contributed by atoms with Crippen LogP contribution in [0.1, 0.15) is 22.7 Å². The Morgan fingerprint density at radius 1 is 1.17 bits per heavy atom. The molecule has 2 N–H and O–H groups in total. The van der Waals surface area contributed by atoms with Gasteiger partial charge < -0.3 is 5.73 Å². The average Bonchev–Trinajstić information content (AvgIpc) is 2.35. The van der Waals surface area contributed by atoms with Gasteiger partial charge in [-0.3, -0.25) is 0 Å². The molecular weight excluding hydrogens is 401 g/mol. The molecule has 0 aliphatic rings. The van der Waals surface area contributed by atoms with E-state index in [2.05, 4.69) is 87.9 Å². The third-order valence-electron chi connectivity index (χ3n) is 2.93. The molecule has 0 aromatic heterocycles. The fourth-order valence-corrected chi connectivity index (χ4v) is 2.94. The maximum absolute atomic E-state index is 6.30. The average molecular weight is 416 g/mol. The Bertz CT molecular complexity index is 537. The highest BCUT2D eigenvalue weighted by Crippen LogP contribution is 2.26. The molecule has 1 nitrogen and oxygen atoms in total. The summed E-state index contributed by atoms with van der Waals surface area (Å²) in [6.07, 6.45) is 0.860. The van der Waals surface area contributed by atoms with Crippen molar-refractivity contribution < 1.29 is 0 Å². The summed E-state index contributed by atoms with van der Waals surface area (Å²) in [4.78, 5) is 0. The van der Waals surface area contributed by atoms with Crippen molar-refractivity contribution in [3.8, 4) is 0 Å². The number of halogens is 2. The van der Waals surface area contributed by atoms with E-state index in [1.165, 1.54) is 20.3 Å². The number of benzene rings is 2. The zero-order chi connectivity index (χ0) is 13.1. The van der Waals surface area contributed by atoms with E-state index in [1.54, 1.807) is 0 Å². The molecule has 94 valence electrons. The van der Waals surface area contributed by atoms with Gasteiger partial charge in [0.05, 0.1) is 0 Å². The largest absolute Gasteiger partial charge is 0.324 e. The molecule has 2 rings (SSSR count). The molecule has 0 spiro atoms. The second kappa shape index (κ2) is 6.17. The van der Waals surface area contributed by atoms with Crippen LogP contribution in [0, 0.1) is 10.5 Å². The molecule has 0 radical (unpaired) electrons. The van der Waals surface area contributed by atoms with Crippen LogP contribution in [0.2, 0.25) is 0 Å². The zero-order valence-corrected chi connectivity index (χ0v) is 13.9. The highest BCUT2D eigenvalue weighted by atomic mass is 127. The van der Waals surface area contributed by atoms with Gasteiger partial charge in [-0.15, -0.1) is 0 Å². The minimum Gasteiger partial charge on any atom is -0.324 e. The van der Waals surface area contributed by atoms with Crippen LogP contribution in [0.25, 0.3) is 0 Å². The van der Waals surface area contributed by atoms with Gasteiger partial charge in [0.1, 0.15) is 0 Å². The van der Waals surface area contributed by atoms with E-state index in [1.807, 2.05) is 0 Å². The van der Waals surface area contributed by atoms with Gasteiger partial charge in [0, 0.05) is 14.1 Å². The van der Waals surface area contributed by atoms with Crippen LogP contribution >= 0.6 is 38.5 Å². The molecule has 0 aliphatic carbocycles. The quantitative estimate of drug-likeness (QED) is 0.728. The van der Waals surface area contributed by atoms with Gasteiger partial charge >= 0.3 is 0 Å². The van der Waals surface area contributed by atoms with E-state index in [9.17, 15) is 0 Å². The minimum absolute atomic E-state index is 0.0248. The molecular formula is C15H15BrIN. The lowest BCUT2D eigenvalue weighted by atomic mass is 9.99. The van der Waals surface area contributed by atoms with Gasteiger partial charge in [0.25, 0.3) is 0 Å². The van der Waals surface area contributed by atoms with E-state index >= 15 is 0 Å². The smallest absolute Gasteiger partial charge is 0.0347 e. The summed E-state index contributed by atoms with van der Waals surface area (Å²) >= 11 is 5.89. The van der Waals surface area contributed by atoms with Crippen molar-refractivity contribution >= 4 is 38.5 Å². The molecule has 0 saturated heterocycles. The molecule has 0 amide bonds. The fraction of sp³-hybridized carbons (Fsp3) is 0.200. The van der Waals surface area contributed by atoms with Gasteiger partial charge in [-0.2, -0.15) is 0 Å². The number of rotatable bonds is 3. The van der Waals surface area contributed by atoms with E-state index in [-0.39, 0.29) is 6.04 Å². The maximum atomic E-state index is 6.30. The minimum atomic E-state index is 0.0248. The van der Waals surface area contributed by atoms with Crippen LogP contribution in [-0.2, 0) is 6.42 Å². The second-order valence-corrected chi connectivity index (χ2v) is 6.56. The molecule has 18 heavy (non-hydrogen) atoms. The van der Waals surface area contributed by atoms with Gasteiger partial charge in [-0.1, -0.05) is 45.8 Å². The number of hydrogen-bond donors (Lipinski definition) is 1. The first-order valence-electron chi connectivity index (χ1n) is 5.82. The summed E-state index contributed by atoms with van der Waals surface area (Å²) in [5.74, 6) is 0. The zero-order valence-electron chi connectivity index (χ0n) is 10.2. The van der Waals surface area contributed by atoms with Crippen molar-refractivity contribution in [3.05, 3.63) is 67.2 Å². The van der Waals surface area contributed by atoms with Crippen LogP contribution in [0.15, 0.2) is 46.9 Å². The van der Waals surface area contributed by atoms with E-state index in [0.29, 0.717) is 0 Å². The van der Waals surface area contributed by atoms with Crippen LogP contribution < -0.4 is 5.73 Å². The molecule has 0 fully saturated rings. The Morgan fingerprint density at radius 3 is 2.50 bits per heavy atom. The SMILES string of the molecule is Cc1ccc(CC(N)c2cc(I)ccc2Br)cc1. The Hall–Kier alpha value is -0.390. The first-order chi connectivity index (χ1) is 8.56. The Morgan fingerprint density at radius 2 is 1.83 bits per heavy atom. The van der Waals surface area contributed by atoms with Gasteiger partial charge in [-0.05, 0) is 65.3 Å². The molecule has 0 aliphatic heterocycles. The van der Waals surface area contributed by atoms with Crippen LogP contribution in [-0.4, -0.2) is 0 Å². The number of hydrogen-bond acceptors (Lipinski definition) is 1. The monoisotopic (exact) mass is 415 g/mol. The van der Waals surface area contributed by atoms with Gasteiger partial charge in [0.2, 0.25) is 0 Å². The summed E-state index contributed by atoms with van der Waals surface area (Å²) in [5.41, 5.74) is 10.0. The van der Waals surface area contributed by atoms with Crippen molar-refractivity contribution in [2.45, 2.75) is 19.4 Å². The molecule has 0 bridgehead atoms. The highest BCUT2D eigenvalue weighted by molar-refractivity contribution is 14.1. The molecule has 2 aromatic rings. The first-order valence-corrected chi connectivity index (χ1v) is 7.69. The lowest BCUT2D eigenvalue weighted by Gasteiger charge is -2.14. The fourth-order valence-electron chi connectivity index (χ4n) is 1.89. The van der Waals surface area contributed by atoms with Crippen molar-refractivity contribution in [2.24, 2.45) is 5.73 Å². The van der Waals surface area contributed by atoms with Crippen molar-refractivity contribution in [1.82, 2.24) is 0 Å². The third kappa shape index (κ3) is 3.56. The van der Waals surface area contributed by atoms with E-state index in [4.69, 9.17) is 5.73 Å². The normalized spacial score (nSPS) is 12.4. The van der Waals surface area contributed by atoms with Crippen molar-refractivity contribution in [3.63, 3.8) is 0 Å².